The van der Waals surface area contributed by atoms with E-state index in [0.29, 0.717) is 5.69 Å². The van der Waals surface area contributed by atoms with Crippen molar-refractivity contribution in [1.29, 1.82) is 0 Å². The summed E-state index contributed by atoms with van der Waals surface area (Å²) in [6, 6.07) is 5.92. The van der Waals surface area contributed by atoms with Gasteiger partial charge in [-0.05, 0) is 31.0 Å². The number of nitrogens with zero attached hydrogens (tertiary/aromatic N) is 4. The van der Waals surface area contributed by atoms with E-state index in [1.165, 1.54) is 29.1 Å². The van der Waals surface area contributed by atoms with Crippen LogP contribution in [0.25, 0.3) is 16.9 Å². The molecule has 1 aliphatic rings. The predicted molar refractivity (Wildman–Crippen MR) is 91.4 cm³/mol. The molecule has 0 spiro atoms. The lowest BCUT2D eigenvalue weighted by atomic mass is 10.3. The Morgan fingerprint density at radius 3 is 2.59 bits per heavy atom. The lowest BCUT2D eigenvalue weighted by molar-refractivity contribution is -0.144. The molecule has 1 aromatic carbocycles. The van der Waals surface area contributed by atoms with Crippen LogP contribution in [0.2, 0.25) is 0 Å². The smallest absolute Gasteiger partial charge is 0.365 e. The van der Waals surface area contributed by atoms with Gasteiger partial charge in [-0.15, -0.1) is 0 Å². The Bertz CT molecular complexity index is 1140. The third-order valence-corrected chi connectivity index (χ3v) is 5.20. The number of halogens is 3. The zero-order chi connectivity index (χ0) is 19.4. The number of nitrogens with one attached hydrogen (secondary N) is 1. The van der Waals surface area contributed by atoms with Crippen LogP contribution >= 0.6 is 0 Å². The Kier molecular flexibility index (Phi) is 3.88. The SMILES string of the molecule is CS(=O)(=O)c1cccc(-n2cnc3c(NC4CC4)nc(C(F)(F)F)nc32)c1. The molecule has 3 aromatic rings. The lowest BCUT2D eigenvalue weighted by Gasteiger charge is -2.11. The van der Waals surface area contributed by atoms with Gasteiger partial charge in [0.05, 0.1) is 4.90 Å². The van der Waals surface area contributed by atoms with Crippen LogP contribution in [0.3, 0.4) is 0 Å². The van der Waals surface area contributed by atoms with E-state index in [4.69, 9.17) is 0 Å². The molecule has 27 heavy (non-hydrogen) atoms. The van der Waals surface area contributed by atoms with Crippen molar-refractivity contribution in [3.63, 3.8) is 0 Å². The molecule has 1 saturated carbocycles. The van der Waals surface area contributed by atoms with Crippen LogP contribution in [0.4, 0.5) is 19.0 Å². The number of benzene rings is 1. The van der Waals surface area contributed by atoms with E-state index in [0.717, 1.165) is 19.1 Å². The Hall–Kier alpha value is -2.69. The lowest BCUT2D eigenvalue weighted by Crippen LogP contribution is -2.15. The summed E-state index contributed by atoms with van der Waals surface area (Å²) in [4.78, 5) is 11.4. The highest BCUT2D eigenvalue weighted by molar-refractivity contribution is 7.90. The second-order valence-electron chi connectivity index (χ2n) is 6.37. The zero-order valence-electron chi connectivity index (χ0n) is 14.0. The monoisotopic (exact) mass is 397 g/mol. The molecule has 0 unspecified atom stereocenters. The Labute approximate surface area is 152 Å². The molecule has 4 rings (SSSR count). The molecule has 0 aliphatic heterocycles. The van der Waals surface area contributed by atoms with Crippen molar-refractivity contribution in [1.82, 2.24) is 19.5 Å². The Morgan fingerprint density at radius 1 is 1.22 bits per heavy atom. The fourth-order valence-electron chi connectivity index (χ4n) is 2.60. The summed E-state index contributed by atoms with van der Waals surface area (Å²) in [6.07, 6.45) is -0.662. The first kappa shape index (κ1) is 17.7. The number of hydrogen-bond donors (Lipinski definition) is 1. The summed E-state index contributed by atoms with van der Waals surface area (Å²) in [7, 11) is -3.48. The molecule has 11 heteroatoms. The zero-order valence-corrected chi connectivity index (χ0v) is 14.8. The first-order valence-electron chi connectivity index (χ1n) is 8.02. The predicted octanol–water partition coefficient (Wildman–Crippen LogP) is 2.81. The first-order valence-corrected chi connectivity index (χ1v) is 9.91. The molecular weight excluding hydrogens is 383 g/mol. The summed E-state index contributed by atoms with van der Waals surface area (Å²) < 4.78 is 64.6. The van der Waals surface area contributed by atoms with Gasteiger partial charge < -0.3 is 5.32 Å². The second-order valence-corrected chi connectivity index (χ2v) is 8.38. The van der Waals surface area contributed by atoms with E-state index in [1.807, 2.05) is 0 Å². The summed E-state index contributed by atoms with van der Waals surface area (Å²) >= 11 is 0. The third-order valence-electron chi connectivity index (χ3n) is 4.09. The molecule has 0 saturated heterocycles. The number of anilines is 1. The number of sulfone groups is 1. The molecule has 0 radical (unpaired) electrons. The Balaban J connectivity index is 1.92. The molecule has 2 aromatic heterocycles. The molecule has 0 bridgehead atoms. The van der Waals surface area contributed by atoms with E-state index in [9.17, 15) is 21.6 Å². The van der Waals surface area contributed by atoms with Crippen LogP contribution in [-0.2, 0) is 16.0 Å². The topological polar surface area (TPSA) is 89.8 Å². The van der Waals surface area contributed by atoms with Gasteiger partial charge in [-0.2, -0.15) is 13.2 Å². The highest BCUT2D eigenvalue weighted by Crippen LogP contribution is 2.33. The van der Waals surface area contributed by atoms with E-state index in [1.54, 1.807) is 6.07 Å². The minimum absolute atomic E-state index is 0.0212. The van der Waals surface area contributed by atoms with Crippen molar-refractivity contribution in [2.24, 2.45) is 0 Å². The van der Waals surface area contributed by atoms with Crippen molar-refractivity contribution in [2.75, 3.05) is 11.6 Å². The number of hydrogen-bond acceptors (Lipinski definition) is 6. The summed E-state index contributed by atoms with van der Waals surface area (Å²) in [5, 5.41) is 2.95. The van der Waals surface area contributed by atoms with Crippen LogP contribution < -0.4 is 5.32 Å². The molecule has 2 heterocycles. The van der Waals surface area contributed by atoms with E-state index in [2.05, 4.69) is 20.3 Å². The maximum atomic E-state index is 13.2. The quantitative estimate of drug-likeness (QED) is 0.728. The summed E-state index contributed by atoms with van der Waals surface area (Å²) in [5.41, 5.74) is 0.482. The van der Waals surface area contributed by atoms with Crippen molar-refractivity contribution < 1.29 is 21.6 Å². The van der Waals surface area contributed by atoms with Crippen molar-refractivity contribution in [3.8, 4) is 5.69 Å². The number of rotatable bonds is 4. The van der Waals surface area contributed by atoms with Crippen LogP contribution in [0.1, 0.15) is 18.7 Å². The maximum absolute atomic E-state index is 13.2. The van der Waals surface area contributed by atoms with Crippen LogP contribution in [0.15, 0.2) is 35.5 Å². The maximum Gasteiger partial charge on any atom is 0.451 e. The average Bonchev–Trinajstić information content (AvgIpc) is 3.29. The normalized spacial score (nSPS) is 15.3. The number of alkyl halides is 3. The van der Waals surface area contributed by atoms with E-state index >= 15 is 0 Å². The average molecular weight is 397 g/mol. The number of fused-ring (bicyclic) bond motifs is 1. The van der Waals surface area contributed by atoms with Crippen molar-refractivity contribution in [2.45, 2.75) is 30.0 Å². The molecule has 142 valence electrons. The van der Waals surface area contributed by atoms with Gasteiger partial charge in [-0.25, -0.2) is 23.4 Å². The van der Waals surface area contributed by atoms with Crippen LogP contribution in [0, 0.1) is 0 Å². The van der Waals surface area contributed by atoms with Gasteiger partial charge in [-0.1, -0.05) is 6.07 Å². The Morgan fingerprint density at radius 2 is 1.96 bits per heavy atom. The fourth-order valence-corrected chi connectivity index (χ4v) is 3.26. The van der Waals surface area contributed by atoms with Gasteiger partial charge in [0.2, 0.25) is 5.82 Å². The molecule has 0 atom stereocenters. The van der Waals surface area contributed by atoms with Gasteiger partial charge in [0.15, 0.2) is 26.8 Å². The van der Waals surface area contributed by atoms with E-state index < -0.39 is 21.8 Å². The first-order chi connectivity index (χ1) is 12.6. The summed E-state index contributed by atoms with van der Waals surface area (Å²) in [6.45, 7) is 0. The molecule has 7 nitrogen and oxygen atoms in total. The second kappa shape index (κ2) is 5.91. The molecule has 1 aliphatic carbocycles. The van der Waals surface area contributed by atoms with Crippen LogP contribution in [0.5, 0.6) is 0 Å². The number of aromatic nitrogens is 4. The van der Waals surface area contributed by atoms with Gasteiger partial charge in [-0.3, -0.25) is 4.57 Å². The van der Waals surface area contributed by atoms with Gasteiger partial charge in [0.25, 0.3) is 0 Å². The molecule has 0 amide bonds. The fraction of sp³-hybridized carbons (Fsp3) is 0.312. The van der Waals surface area contributed by atoms with E-state index in [-0.39, 0.29) is 27.9 Å². The van der Waals surface area contributed by atoms with Crippen molar-refractivity contribution >= 4 is 26.8 Å². The number of imidazole rings is 1. The third kappa shape index (κ3) is 3.46. The van der Waals surface area contributed by atoms with Gasteiger partial charge in [0.1, 0.15) is 6.33 Å². The minimum atomic E-state index is -4.72. The molecular formula is C16H14F3N5O2S. The highest BCUT2D eigenvalue weighted by Gasteiger charge is 2.37. The summed E-state index contributed by atoms with van der Waals surface area (Å²) in [5.74, 6) is -1.26. The van der Waals surface area contributed by atoms with Crippen molar-refractivity contribution in [3.05, 3.63) is 36.4 Å². The largest absolute Gasteiger partial charge is 0.451 e. The van der Waals surface area contributed by atoms with Gasteiger partial charge in [0, 0.05) is 18.0 Å². The van der Waals surface area contributed by atoms with Crippen LogP contribution in [-0.4, -0.2) is 40.2 Å². The highest BCUT2D eigenvalue weighted by atomic mass is 32.2. The van der Waals surface area contributed by atoms with Gasteiger partial charge >= 0.3 is 6.18 Å². The molecule has 1 fully saturated rings. The molecule has 1 N–H and O–H groups in total. The minimum Gasteiger partial charge on any atom is -0.365 e. The standard InChI is InChI=1S/C16H14F3N5O2S/c1-27(25,26)11-4-2-3-10(7-11)24-8-20-12-13(21-9-5-6-9)22-15(16(17,18)19)23-14(12)24/h2-4,7-9H,5-6H2,1H3,(H,21,22,23).